The van der Waals surface area contributed by atoms with Crippen LogP contribution in [0.2, 0.25) is 0 Å². The number of ether oxygens (including phenoxy) is 1. The van der Waals surface area contributed by atoms with Crippen molar-refractivity contribution >= 4 is 11.9 Å². The van der Waals surface area contributed by atoms with Crippen LogP contribution in [0.1, 0.15) is 41.8 Å². The van der Waals surface area contributed by atoms with E-state index in [1.807, 2.05) is 13.0 Å². The van der Waals surface area contributed by atoms with E-state index in [0.29, 0.717) is 24.3 Å². The quantitative estimate of drug-likeness (QED) is 0.747. The molecule has 3 unspecified atom stereocenters. The van der Waals surface area contributed by atoms with Gasteiger partial charge in [-0.3, -0.25) is 0 Å². The maximum absolute atomic E-state index is 11.0. The minimum absolute atomic E-state index is 0.206. The maximum Gasteiger partial charge on any atom is 0.490 e. The summed E-state index contributed by atoms with van der Waals surface area (Å²) in [5, 5.41) is 19.6. The Labute approximate surface area is 149 Å². The summed E-state index contributed by atoms with van der Waals surface area (Å²) in [4.78, 5) is 19.9. The molecule has 1 aliphatic heterocycles. The SMILES string of the molecule is Cc1ccc(C(=O)O)cc1CNC1CC(C)OC1C.O=C(O)C(F)(F)F. The highest BCUT2D eigenvalue weighted by Gasteiger charge is 2.38. The Morgan fingerprint density at radius 1 is 1.27 bits per heavy atom. The lowest BCUT2D eigenvalue weighted by Crippen LogP contribution is -2.34. The highest BCUT2D eigenvalue weighted by atomic mass is 19.4. The topological polar surface area (TPSA) is 95.9 Å². The molecule has 26 heavy (non-hydrogen) atoms. The largest absolute Gasteiger partial charge is 0.490 e. The average molecular weight is 377 g/mol. The number of alkyl halides is 3. The third-order valence-electron chi connectivity index (χ3n) is 3.99. The molecule has 0 radical (unpaired) electrons. The summed E-state index contributed by atoms with van der Waals surface area (Å²) in [6, 6.07) is 5.58. The summed E-state index contributed by atoms with van der Waals surface area (Å²) in [5.74, 6) is -3.64. The summed E-state index contributed by atoms with van der Waals surface area (Å²) >= 11 is 0. The zero-order valence-electron chi connectivity index (χ0n) is 14.6. The molecular weight excluding hydrogens is 355 g/mol. The van der Waals surface area contributed by atoms with Crippen LogP contribution in [0.4, 0.5) is 13.2 Å². The fraction of sp³-hybridized carbons (Fsp3) is 0.529. The molecule has 6 nitrogen and oxygen atoms in total. The third kappa shape index (κ3) is 6.64. The van der Waals surface area contributed by atoms with Gasteiger partial charge in [0, 0.05) is 12.6 Å². The van der Waals surface area contributed by atoms with Crippen LogP contribution in [0, 0.1) is 6.92 Å². The van der Waals surface area contributed by atoms with Crippen LogP contribution >= 0.6 is 0 Å². The van der Waals surface area contributed by atoms with Gasteiger partial charge in [-0.15, -0.1) is 0 Å². The summed E-state index contributed by atoms with van der Waals surface area (Å²) < 4.78 is 37.4. The van der Waals surface area contributed by atoms with Crippen molar-refractivity contribution in [3.05, 3.63) is 34.9 Å². The monoisotopic (exact) mass is 377 g/mol. The van der Waals surface area contributed by atoms with E-state index in [1.54, 1.807) is 12.1 Å². The van der Waals surface area contributed by atoms with Crippen molar-refractivity contribution in [1.29, 1.82) is 0 Å². The van der Waals surface area contributed by atoms with Crippen LogP contribution in [-0.2, 0) is 16.1 Å². The Balaban J connectivity index is 0.000000412. The first-order valence-corrected chi connectivity index (χ1v) is 7.93. The summed E-state index contributed by atoms with van der Waals surface area (Å²) in [5.41, 5.74) is 2.48. The predicted octanol–water partition coefficient (Wildman–Crippen LogP) is 2.98. The van der Waals surface area contributed by atoms with Crippen molar-refractivity contribution in [2.24, 2.45) is 0 Å². The average Bonchev–Trinajstić information content (AvgIpc) is 2.83. The minimum atomic E-state index is -5.08. The van der Waals surface area contributed by atoms with Crippen LogP contribution in [0.5, 0.6) is 0 Å². The Bertz CT molecular complexity index is 648. The first kappa shape index (κ1) is 21.9. The molecule has 3 atom stereocenters. The molecular formula is C17H22F3NO5. The maximum atomic E-state index is 11.0. The van der Waals surface area contributed by atoms with Gasteiger partial charge in [-0.1, -0.05) is 6.07 Å². The number of hydrogen-bond donors (Lipinski definition) is 3. The number of hydrogen-bond acceptors (Lipinski definition) is 4. The highest BCUT2D eigenvalue weighted by molar-refractivity contribution is 5.87. The molecule has 1 aliphatic rings. The van der Waals surface area contributed by atoms with Gasteiger partial charge in [0.15, 0.2) is 0 Å². The summed E-state index contributed by atoms with van der Waals surface area (Å²) in [6.07, 6.45) is -3.59. The number of halogens is 3. The van der Waals surface area contributed by atoms with E-state index in [9.17, 15) is 18.0 Å². The number of carbonyl (C=O) groups is 2. The Morgan fingerprint density at radius 2 is 1.85 bits per heavy atom. The molecule has 3 N–H and O–H groups in total. The number of aryl methyl sites for hydroxylation is 1. The molecule has 0 saturated carbocycles. The van der Waals surface area contributed by atoms with Gasteiger partial charge >= 0.3 is 18.1 Å². The lowest BCUT2D eigenvalue weighted by atomic mass is 10.0. The lowest BCUT2D eigenvalue weighted by molar-refractivity contribution is -0.192. The van der Waals surface area contributed by atoms with Gasteiger partial charge in [0.25, 0.3) is 0 Å². The summed E-state index contributed by atoms with van der Waals surface area (Å²) in [6.45, 7) is 6.83. The number of carboxylic acids is 2. The second-order valence-electron chi connectivity index (χ2n) is 6.12. The second kappa shape index (κ2) is 9.00. The normalized spacial score (nSPS) is 22.5. The van der Waals surface area contributed by atoms with E-state index in [4.69, 9.17) is 19.7 Å². The first-order valence-electron chi connectivity index (χ1n) is 7.93. The van der Waals surface area contributed by atoms with Gasteiger partial charge < -0.3 is 20.3 Å². The Kier molecular flexibility index (Phi) is 7.58. The molecule has 0 amide bonds. The number of carboxylic acid groups (broad SMARTS) is 2. The molecule has 1 fully saturated rings. The van der Waals surface area contributed by atoms with Gasteiger partial charge in [-0.2, -0.15) is 13.2 Å². The van der Waals surface area contributed by atoms with E-state index in [-0.39, 0.29) is 6.10 Å². The molecule has 0 aromatic heterocycles. The van der Waals surface area contributed by atoms with Gasteiger partial charge in [0.05, 0.1) is 17.8 Å². The van der Waals surface area contributed by atoms with E-state index >= 15 is 0 Å². The molecule has 9 heteroatoms. The second-order valence-corrected chi connectivity index (χ2v) is 6.12. The van der Waals surface area contributed by atoms with Crippen molar-refractivity contribution in [2.45, 2.75) is 58.2 Å². The molecule has 1 heterocycles. The molecule has 2 rings (SSSR count). The third-order valence-corrected chi connectivity index (χ3v) is 3.99. The summed E-state index contributed by atoms with van der Waals surface area (Å²) in [7, 11) is 0. The van der Waals surface area contributed by atoms with Gasteiger partial charge in [0.1, 0.15) is 0 Å². The number of benzene rings is 1. The van der Waals surface area contributed by atoms with Crippen molar-refractivity contribution in [3.63, 3.8) is 0 Å². The fourth-order valence-corrected chi connectivity index (χ4v) is 2.55. The Morgan fingerprint density at radius 3 is 2.27 bits per heavy atom. The first-order chi connectivity index (χ1) is 11.9. The van der Waals surface area contributed by atoms with Crippen molar-refractivity contribution < 1.29 is 37.7 Å². The molecule has 146 valence electrons. The lowest BCUT2D eigenvalue weighted by Gasteiger charge is -2.17. The molecule has 1 aromatic rings. The van der Waals surface area contributed by atoms with Crippen LogP contribution in [0.25, 0.3) is 0 Å². The smallest absolute Gasteiger partial charge is 0.478 e. The van der Waals surface area contributed by atoms with E-state index in [2.05, 4.69) is 19.2 Å². The molecule has 0 bridgehead atoms. The molecule has 1 saturated heterocycles. The van der Waals surface area contributed by atoms with Crippen molar-refractivity contribution in [2.75, 3.05) is 0 Å². The molecule has 0 aliphatic carbocycles. The number of aromatic carboxylic acids is 1. The van der Waals surface area contributed by atoms with Gasteiger partial charge in [-0.25, -0.2) is 9.59 Å². The highest BCUT2D eigenvalue weighted by Crippen LogP contribution is 2.20. The number of rotatable bonds is 4. The van der Waals surface area contributed by atoms with Crippen LogP contribution < -0.4 is 5.32 Å². The van der Waals surface area contributed by atoms with Gasteiger partial charge in [0.2, 0.25) is 0 Å². The fourth-order valence-electron chi connectivity index (χ4n) is 2.55. The van der Waals surface area contributed by atoms with Crippen molar-refractivity contribution in [1.82, 2.24) is 5.32 Å². The zero-order chi connectivity index (χ0) is 20.1. The zero-order valence-corrected chi connectivity index (χ0v) is 14.6. The van der Waals surface area contributed by atoms with E-state index < -0.39 is 18.1 Å². The van der Waals surface area contributed by atoms with E-state index in [0.717, 1.165) is 17.5 Å². The standard InChI is InChI=1S/C15H21NO3.C2HF3O2/c1-9-4-5-12(15(17)18)7-13(9)8-16-14-6-10(2)19-11(14)3;3-2(4,5)1(6)7/h4-5,7,10-11,14,16H,6,8H2,1-3H3,(H,17,18);(H,6,7). The van der Waals surface area contributed by atoms with Crippen LogP contribution in [0.15, 0.2) is 18.2 Å². The van der Waals surface area contributed by atoms with Crippen LogP contribution in [0.3, 0.4) is 0 Å². The van der Waals surface area contributed by atoms with E-state index in [1.165, 1.54) is 0 Å². The Hall–Kier alpha value is -2.13. The van der Waals surface area contributed by atoms with Gasteiger partial charge in [-0.05, 0) is 50.5 Å². The van der Waals surface area contributed by atoms with Crippen LogP contribution in [-0.4, -0.2) is 46.6 Å². The number of aliphatic carboxylic acids is 1. The number of nitrogens with one attached hydrogen (secondary N) is 1. The minimum Gasteiger partial charge on any atom is -0.478 e. The predicted molar refractivity (Wildman–Crippen MR) is 87.1 cm³/mol. The van der Waals surface area contributed by atoms with Crippen molar-refractivity contribution in [3.8, 4) is 0 Å². The molecule has 0 spiro atoms. The molecule has 1 aromatic carbocycles.